The van der Waals surface area contributed by atoms with Gasteiger partial charge in [0.2, 0.25) is 15.9 Å². The van der Waals surface area contributed by atoms with Crippen LogP contribution in [0.3, 0.4) is 0 Å². The minimum Gasteiger partial charge on any atom is -0.326 e. The van der Waals surface area contributed by atoms with E-state index < -0.39 is 14.9 Å². The molecule has 0 heterocycles. The van der Waals surface area contributed by atoms with Gasteiger partial charge in [0, 0.05) is 31.3 Å². The summed E-state index contributed by atoms with van der Waals surface area (Å²) in [4.78, 5) is 20.9. The lowest BCUT2D eigenvalue weighted by Crippen LogP contribution is -2.23. The zero-order valence-corrected chi connectivity index (χ0v) is 13.5. The summed E-state index contributed by atoms with van der Waals surface area (Å²) >= 11 is 0. The topological polar surface area (TPSA) is 118 Å². The summed E-state index contributed by atoms with van der Waals surface area (Å²) in [5, 5.41) is 13.2. The van der Waals surface area contributed by atoms with Gasteiger partial charge in [0.1, 0.15) is 0 Å². The van der Waals surface area contributed by atoms with Crippen LogP contribution in [0.2, 0.25) is 0 Å². The standard InChI is InChI=1S/C15H15N3O5S/c1-11(19)17-13-4-2-12(3-5-13)10-16-24(22,23)15-8-6-14(7-9-15)18(20)21/h2-9,16H,10H2,1H3,(H,17,19). The number of hydrogen-bond donors (Lipinski definition) is 2. The molecule has 1 amide bonds. The van der Waals surface area contributed by atoms with Gasteiger partial charge in [-0.05, 0) is 29.8 Å². The number of nitro benzene ring substituents is 1. The molecule has 2 aromatic rings. The van der Waals surface area contributed by atoms with Crippen molar-refractivity contribution >= 4 is 27.3 Å². The Morgan fingerprint density at radius 3 is 2.17 bits per heavy atom. The summed E-state index contributed by atoms with van der Waals surface area (Å²) in [6, 6.07) is 11.3. The highest BCUT2D eigenvalue weighted by molar-refractivity contribution is 7.89. The number of anilines is 1. The summed E-state index contributed by atoms with van der Waals surface area (Å²) < 4.78 is 26.7. The summed E-state index contributed by atoms with van der Waals surface area (Å²) in [7, 11) is -3.77. The number of rotatable bonds is 6. The van der Waals surface area contributed by atoms with Crippen LogP contribution in [0.4, 0.5) is 11.4 Å². The molecule has 0 aliphatic heterocycles. The van der Waals surface area contributed by atoms with Crippen molar-refractivity contribution in [2.24, 2.45) is 0 Å². The Bertz CT molecular complexity index is 846. The van der Waals surface area contributed by atoms with Crippen LogP contribution in [0, 0.1) is 10.1 Å². The van der Waals surface area contributed by atoms with E-state index in [1.54, 1.807) is 24.3 Å². The van der Waals surface area contributed by atoms with Gasteiger partial charge in [-0.15, -0.1) is 0 Å². The number of hydrogen-bond acceptors (Lipinski definition) is 5. The molecule has 8 nitrogen and oxygen atoms in total. The SMILES string of the molecule is CC(=O)Nc1ccc(CNS(=O)(=O)c2ccc([N+](=O)[O-])cc2)cc1. The van der Waals surface area contributed by atoms with Crippen molar-refractivity contribution < 1.29 is 18.1 Å². The van der Waals surface area contributed by atoms with E-state index in [9.17, 15) is 23.3 Å². The molecular weight excluding hydrogens is 334 g/mol. The predicted octanol–water partition coefficient (Wildman–Crippen LogP) is 2.03. The average molecular weight is 349 g/mol. The van der Waals surface area contributed by atoms with E-state index in [4.69, 9.17) is 0 Å². The molecule has 0 aliphatic rings. The van der Waals surface area contributed by atoms with Gasteiger partial charge in [-0.1, -0.05) is 12.1 Å². The highest BCUT2D eigenvalue weighted by Gasteiger charge is 2.15. The molecule has 0 aliphatic carbocycles. The number of non-ortho nitro benzene ring substituents is 1. The Labute approximate surface area is 138 Å². The lowest BCUT2D eigenvalue weighted by atomic mass is 10.2. The Balaban J connectivity index is 2.04. The van der Waals surface area contributed by atoms with Gasteiger partial charge in [0.05, 0.1) is 9.82 Å². The molecular formula is C15H15N3O5S. The van der Waals surface area contributed by atoms with Gasteiger partial charge < -0.3 is 5.32 Å². The van der Waals surface area contributed by atoms with Crippen LogP contribution >= 0.6 is 0 Å². The second-order valence-corrected chi connectivity index (χ2v) is 6.72. The number of amides is 1. The van der Waals surface area contributed by atoms with Crippen LogP contribution in [0.1, 0.15) is 12.5 Å². The Kier molecular flexibility index (Phi) is 5.27. The highest BCUT2D eigenvalue weighted by Crippen LogP contribution is 2.16. The monoisotopic (exact) mass is 349 g/mol. The smallest absolute Gasteiger partial charge is 0.269 e. The Morgan fingerprint density at radius 2 is 1.67 bits per heavy atom. The predicted molar refractivity (Wildman–Crippen MR) is 87.9 cm³/mol. The molecule has 0 atom stereocenters. The van der Waals surface area contributed by atoms with Gasteiger partial charge >= 0.3 is 0 Å². The number of sulfonamides is 1. The molecule has 9 heteroatoms. The van der Waals surface area contributed by atoms with E-state index in [1.165, 1.54) is 19.1 Å². The molecule has 2 N–H and O–H groups in total. The van der Waals surface area contributed by atoms with E-state index in [-0.39, 0.29) is 23.0 Å². The number of nitrogens with one attached hydrogen (secondary N) is 2. The number of benzene rings is 2. The Morgan fingerprint density at radius 1 is 1.08 bits per heavy atom. The molecule has 2 rings (SSSR count). The maximum atomic E-state index is 12.2. The van der Waals surface area contributed by atoms with Gasteiger partial charge in [0.25, 0.3) is 5.69 Å². The van der Waals surface area contributed by atoms with Crippen molar-refractivity contribution in [3.63, 3.8) is 0 Å². The highest BCUT2D eigenvalue weighted by atomic mass is 32.2. The van der Waals surface area contributed by atoms with Crippen LogP contribution in [-0.4, -0.2) is 19.2 Å². The molecule has 0 radical (unpaired) electrons. The fourth-order valence-corrected chi connectivity index (χ4v) is 2.94. The van der Waals surface area contributed by atoms with Gasteiger partial charge in [-0.2, -0.15) is 0 Å². The van der Waals surface area contributed by atoms with Crippen molar-refractivity contribution in [2.75, 3.05) is 5.32 Å². The summed E-state index contributed by atoms with van der Waals surface area (Å²) in [5.41, 5.74) is 1.14. The van der Waals surface area contributed by atoms with Gasteiger partial charge in [-0.3, -0.25) is 14.9 Å². The number of carbonyl (C=O) groups excluding carboxylic acids is 1. The molecule has 126 valence electrons. The molecule has 2 aromatic carbocycles. The second-order valence-electron chi connectivity index (χ2n) is 4.95. The van der Waals surface area contributed by atoms with Crippen LogP contribution in [0.25, 0.3) is 0 Å². The normalized spacial score (nSPS) is 11.0. The zero-order valence-electron chi connectivity index (χ0n) is 12.7. The van der Waals surface area contributed by atoms with Crippen LogP contribution in [0.5, 0.6) is 0 Å². The first-order valence-electron chi connectivity index (χ1n) is 6.88. The van der Waals surface area contributed by atoms with Crippen molar-refractivity contribution in [3.8, 4) is 0 Å². The second kappa shape index (κ2) is 7.20. The van der Waals surface area contributed by atoms with E-state index >= 15 is 0 Å². The third-order valence-corrected chi connectivity index (χ3v) is 4.52. The summed E-state index contributed by atoms with van der Waals surface area (Å²) in [6.45, 7) is 1.45. The van der Waals surface area contributed by atoms with E-state index in [0.717, 1.165) is 12.1 Å². The lowest BCUT2D eigenvalue weighted by molar-refractivity contribution is -0.384. The van der Waals surface area contributed by atoms with E-state index in [1.807, 2.05) is 0 Å². The molecule has 0 saturated carbocycles. The first-order valence-corrected chi connectivity index (χ1v) is 8.37. The van der Waals surface area contributed by atoms with Gasteiger partial charge in [-0.25, -0.2) is 13.1 Å². The molecule has 0 fully saturated rings. The van der Waals surface area contributed by atoms with E-state index in [0.29, 0.717) is 11.3 Å². The molecule has 0 unspecified atom stereocenters. The maximum absolute atomic E-state index is 12.2. The molecule has 24 heavy (non-hydrogen) atoms. The average Bonchev–Trinajstić information content (AvgIpc) is 2.54. The molecule has 0 bridgehead atoms. The zero-order chi connectivity index (χ0) is 17.7. The van der Waals surface area contributed by atoms with Gasteiger partial charge in [0.15, 0.2) is 0 Å². The van der Waals surface area contributed by atoms with Crippen molar-refractivity contribution in [3.05, 3.63) is 64.2 Å². The molecule has 0 spiro atoms. The van der Waals surface area contributed by atoms with Crippen LogP contribution < -0.4 is 10.0 Å². The maximum Gasteiger partial charge on any atom is 0.269 e. The van der Waals surface area contributed by atoms with E-state index in [2.05, 4.69) is 10.0 Å². The number of carbonyl (C=O) groups is 1. The first-order chi connectivity index (χ1) is 11.3. The molecule has 0 aromatic heterocycles. The summed E-state index contributed by atoms with van der Waals surface area (Å²) in [5.74, 6) is -0.193. The minimum absolute atomic E-state index is 0.0528. The van der Waals surface area contributed by atoms with Crippen LogP contribution in [-0.2, 0) is 21.4 Å². The van der Waals surface area contributed by atoms with Crippen LogP contribution in [0.15, 0.2) is 53.4 Å². The summed E-state index contributed by atoms with van der Waals surface area (Å²) in [6.07, 6.45) is 0. The Hall–Kier alpha value is -2.78. The van der Waals surface area contributed by atoms with Crippen molar-refractivity contribution in [1.29, 1.82) is 0 Å². The fourth-order valence-electron chi connectivity index (χ4n) is 1.92. The number of nitrogens with zero attached hydrogens (tertiary/aromatic N) is 1. The third kappa shape index (κ3) is 4.61. The third-order valence-electron chi connectivity index (χ3n) is 3.10. The van der Waals surface area contributed by atoms with Crippen molar-refractivity contribution in [1.82, 2.24) is 4.72 Å². The first kappa shape index (κ1) is 17.6. The largest absolute Gasteiger partial charge is 0.326 e. The lowest BCUT2D eigenvalue weighted by Gasteiger charge is -2.08. The quantitative estimate of drug-likeness (QED) is 0.611. The molecule has 0 saturated heterocycles. The minimum atomic E-state index is -3.77. The fraction of sp³-hybridized carbons (Fsp3) is 0.133. The van der Waals surface area contributed by atoms with Crippen molar-refractivity contribution in [2.45, 2.75) is 18.4 Å². The number of nitro groups is 1.